The molecule has 25 heavy (non-hydrogen) atoms. The van der Waals surface area contributed by atoms with Crippen molar-refractivity contribution in [1.82, 2.24) is 4.90 Å². The Balaban J connectivity index is 2.27. The van der Waals surface area contributed by atoms with E-state index in [1.54, 1.807) is 17.0 Å². The molecule has 0 aromatic heterocycles. The Labute approximate surface area is 149 Å². The fourth-order valence-electron chi connectivity index (χ4n) is 2.94. The highest BCUT2D eigenvalue weighted by molar-refractivity contribution is 5.89. The highest BCUT2D eigenvalue weighted by Gasteiger charge is 2.32. The maximum atomic E-state index is 12.6. The number of amides is 1. The number of hydrogen-bond donors (Lipinski definition) is 0. The average molecular weight is 345 g/mol. The number of piperidine rings is 1. The summed E-state index contributed by atoms with van der Waals surface area (Å²) in [6, 6.07) is 7.14. The van der Waals surface area contributed by atoms with Crippen molar-refractivity contribution >= 4 is 12.1 Å². The summed E-state index contributed by atoms with van der Waals surface area (Å²) in [5.41, 5.74) is 2.27. The minimum atomic E-state index is -0.531. The van der Waals surface area contributed by atoms with Crippen LogP contribution in [0.3, 0.4) is 0 Å². The number of nitrogens with zero attached hydrogens (tertiary/aromatic N) is 1. The Hall–Kier alpha value is -2.30. The standard InChI is InChI=1S/C20H27NO4/c1-6-14-11-12-21(19(23)25-20(2,3)4)17(13-14)15-7-9-16(10-8-15)18(22)24-5/h6-10,17H,11-13H2,1-5H3/b14-6+. The van der Waals surface area contributed by atoms with Crippen LogP contribution in [-0.4, -0.2) is 36.2 Å². The fraction of sp³-hybridized carbons (Fsp3) is 0.500. The summed E-state index contributed by atoms with van der Waals surface area (Å²) in [6.07, 6.45) is 3.44. The molecule has 0 radical (unpaired) electrons. The average Bonchev–Trinajstić information content (AvgIpc) is 2.59. The lowest BCUT2D eigenvalue weighted by Gasteiger charge is -2.38. The zero-order valence-corrected chi connectivity index (χ0v) is 15.7. The molecule has 5 nitrogen and oxygen atoms in total. The first-order valence-electron chi connectivity index (χ1n) is 8.57. The molecule has 1 amide bonds. The number of likely N-dealkylation sites (tertiary alicyclic amines) is 1. The van der Waals surface area contributed by atoms with Gasteiger partial charge in [0, 0.05) is 6.54 Å². The van der Waals surface area contributed by atoms with E-state index in [2.05, 4.69) is 6.08 Å². The quantitative estimate of drug-likeness (QED) is 0.585. The normalized spacial score (nSPS) is 19.6. The van der Waals surface area contributed by atoms with E-state index in [9.17, 15) is 9.59 Å². The van der Waals surface area contributed by atoms with Gasteiger partial charge < -0.3 is 14.4 Å². The summed E-state index contributed by atoms with van der Waals surface area (Å²) in [6.45, 7) is 8.25. The van der Waals surface area contributed by atoms with Gasteiger partial charge in [-0.1, -0.05) is 23.8 Å². The molecule has 136 valence electrons. The van der Waals surface area contributed by atoms with Crippen LogP contribution < -0.4 is 0 Å². The van der Waals surface area contributed by atoms with Gasteiger partial charge >= 0.3 is 12.1 Å². The van der Waals surface area contributed by atoms with Gasteiger partial charge in [-0.15, -0.1) is 0 Å². The maximum Gasteiger partial charge on any atom is 0.410 e. The van der Waals surface area contributed by atoms with Crippen LogP contribution in [-0.2, 0) is 9.47 Å². The van der Waals surface area contributed by atoms with Gasteiger partial charge in [-0.05, 0) is 58.2 Å². The van der Waals surface area contributed by atoms with Gasteiger partial charge in [0.05, 0.1) is 18.7 Å². The van der Waals surface area contributed by atoms with E-state index in [4.69, 9.17) is 9.47 Å². The van der Waals surface area contributed by atoms with Crippen molar-refractivity contribution in [2.24, 2.45) is 0 Å². The summed E-state index contributed by atoms with van der Waals surface area (Å²) in [7, 11) is 1.36. The third-order valence-corrected chi connectivity index (χ3v) is 4.26. The molecular weight excluding hydrogens is 318 g/mol. The zero-order valence-electron chi connectivity index (χ0n) is 15.7. The number of ether oxygens (including phenoxy) is 2. The van der Waals surface area contributed by atoms with Crippen molar-refractivity contribution in [3.63, 3.8) is 0 Å². The van der Waals surface area contributed by atoms with Gasteiger partial charge in [0.1, 0.15) is 5.60 Å². The van der Waals surface area contributed by atoms with E-state index >= 15 is 0 Å². The number of carbonyl (C=O) groups is 2. The molecule has 1 aliphatic rings. The molecule has 1 heterocycles. The minimum Gasteiger partial charge on any atom is -0.465 e. The summed E-state index contributed by atoms with van der Waals surface area (Å²) in [4.78, 5) is 26.0. The first-order valence-corrected chi connectivity index (χ1v) is 8.57. The zero-order chi connectivity index (χ0) is 18.6. The molecule has 1 fully saturated rings. The molecule has 0 aliphatic carbocycles. The fourth-order valence-corrected chi connectivity index (χ4v) is 2.94. The largest absolute Gasteiger partial charge is 0.465 e. The Kier molecular flexibility index (Phi) is 5.88. The first kappa shape index (κ1) is 19.0. The third kappa shape index (κ3) is 4.84. The van der Waals surface area contributed by atoms with E-state index in [-0.39, 0.29) is 18.1 Å². The highest BCUT2D eigenvalue weighted by Crippen LogP contribution is 2.35. The second kappa shape index (κ2) is 7.72. The Bertz CT molecular complexity index is 655. The lowest BCUT2D eigenvalue weighted by molar-refractivity contribution is 0.0129. The van der Waals surface area contributed by atoms with Crippen molar-refractivity contribution in [2.45, 2.75) is 52.2 Å². The summed E-state index contributed by atoms with van der Waals surface area (Å²) < 4.78 is 10.3. The predicted molar refractivity (Wildman–Crippen MR) is 96.5 cm³/mol. The van der Waals surface area contributed by atoms with Crippen LogP contribution in [0.5, 0.6) is 0 Å². The molecule has 0 spiro atoms. The highest BCUT2D eigenvalue weighted by atomic mass is 16.6. The number of hydrogen-bond acceptors (Lipinski definition) is 4. The van der Waals surface area contributed by atoms with Gasteiger partial charge in [-0.3, -0.25) is 0 Å². The lowest BCUT2D eigenvalue weighted by Crippen LogP contribution is -2.42. The number of methoxy groups -OCH3 is 1. The molecular formula is C20H27NO4. The topological polar surface area (TPSA) is 55.8 Å². The lowest BCUT2D eigenvalue weighted by atomic mass is 9.91. The Morgan fingerprint density at radius 2 is 1.84 bits per heavy atom. The van der Waals surface area contributed by atoms with Crippen LogP contribution in [0.1, 0.15) is 62.5 Å². The number of benzene rings is 1. The molecule has 1 aliphatic heterocycles. The van der Waals surface area contributed by atoms with E-state index < -0.39 is 5.60 Å². The van der Waals surface area contributed by atoms with Gasteiger partial charge in [0.15, 0.2) is 0 Å². The molecule has 0 bridgehead atoms. The smallest absolute Gasteiger partial charge is 0.410 e. The van der Waals surface area contributed by atoms with E-state index in [1.165, 1.54) is 12.7 Å². The summed E-state index contributed by atoms with van der Waals surface area (Å²) >= 11 is 0. The Morgan fingerprint density at radius 3 is 2.36 bits per heavy atom. The molecule has 1 unspecified atom stereocenters. The van der Waals surface area contributed by atoms with Crippen molar-refractivity contribution in [3.05, 3.63) is 47.0 Å². The third-order valence-electron chi connectivity index (χ3n) is 4.26. The van der Waals surface area contributed by atoms with Crippen LogP contribution in [0.2, 0.25) is 0 Å². The van der Waals surface area contributed by atoms with Gasteiger partial charge in [-0.2, -0.15) is 0 Å². The SMILES string of the molecule is C/C=C1\CCN(C(=O)OC(C)(C)C)C(c2ccc(C(=O)OC)cc2)C1. The maximum absolute atomic E-state index is 12.6. The predicted octanol–water partition coefficient (Wildman–Crippen LogP) is 4.49. The monoisotopic (exact) mass is 345 g/mol. The van der Waals surface area contributed by atoms with Crippen molar-refractivity contribution in [2.75, 3.05) is 13.7 Å². The summed E-state index contributed by atoms with van der Waals surface area (Å²) in [5.74, 6) is -0.367. The van der Waals surface area contributed by atoms with E-state index in [1.807, 2.05) is 39.8 Å². The molecule has 1 atom stereocenters. The van der Waals surface area contributed by atoms with Crippen LogP contribution in [0.25, 0.3) is 0 Å². The Morgan fingerprint density at radius 1 is 1.20 bits per heavy atom. The van der Waals surface area contributed by atoms with Gasteiger partial charge in [0.2, 0.25) is 0 Å². The first-order chi connectivity index (χ1) is 11.7. The second-order valence-corrected chi connectivity index (χ2v) is 7.20. The van der Waals surface area contributed by atoms with E-state index in [0.717, 1.165) is 18.4 Å². The van der Waals surface area contributed by atoms with Crippen molar-refractivity contribution in [3.8, 4) is 0 Å². The number of esters is 1. The number of allylic oxidation sites excluding steroid dienone is 1. The second-order valence-electron chi connectivity index (χ2n) is 7.20. The molecule has 0 saturated carbocycles. The van der Waals surface area contributed by atoms with Gasteiger partial charge in [-0.25, -0.2) is 9.59 Å². The van der Waals surface area contributed by atoms with Crippen molar-refractivity contribution in [1.29, 1.82) is 0 Å². The van der Waals surface area contributed by atoms with Crippen molar-refractivity contribution < 1.29 is 19.1 Å². The number of carbonyl (C=O) groups excluding carboxylic acids is 2. The van der Waals surface area contributed by atoms with Gasteiger partial charge in [0.25, 0.3) is 0 Å². The molecule has 1 aromatic carbocycles. The number of rotatable bonds is 2. The molecule has 1 aromatic rings. The molecule has 0 N–H and O–H groups in total. The minimum absolute atomic E-state index is 0.0958. The summed E-state index contributed by atoms with van der Waals surface area (Å²) in [5, 5.41) is 0. The molecule has 2 rings (SSSR count). The van der Waals surface area contributed by atoms with Crippen LogP contribution >= 0.6 is 0 Å². The van der Waals surface area contributed by atoms with Crippen LogP contribution in [0.4, 0.5) is 4.79 Å². The van der Waals surface area contributed by atoms with Crippen LogP contribution in [0, 0.1) is 0 Å². The molecule has 1 saturated heterocycles. The molecule has 5 heteroatoms. The van der Waals surface area contributed by atoms with Crippen LogP contribution in [0.15, 0.2) is 35.9 Å². The van der Waals surface area contributed by atoms with E-state index in [0.29, 0.717) is 12.1 Å².